The van der Waals surface area contributed by atoms with Gasteiger partial charge in [0.1, 0.15) is 24.2 Å². The molecule has 15 N–H and O–H groups in total. The lowest BCUT2D eigenvalue weighted by Gasteiger charge is -2.27. The number of guanidine groups is 1. The highest BCUT2D eigenvalue weighted by Gasteiger charge is 2.32. The molecule has 1 heterocycles. The van der Waals surface area contributed by atoms with Crippen molar-refractivity contribution in [1.29, 1.82) is 0 Å². The first-order chi connectivity index (χ1) is 24.8. The number of rotatable bonds is 24. The molecule has 52 heavy (non-hydrogen) atoms. The van der Waals surface area contributed by atoms with Crippen LogP contribution in [-0.2, 0) is 36.9 Å². The summed E-state index contributed by atoms with van der Waals surface area (Å²) in [5.41, 5.74) is 20.0. The minimum atomic E-state index is -1.18. The van der Waals surface area contributed by atoms with E-state index in [1.807, 2.05) is 49.6 Å². The number of nitrogens with one attached hydrogen (secondary N) is 7. The first kappa shape index (κ1) is 43.1. The number of imidazole rings is 1. The highest BCUT2D eigenvalue weighted by Crippen LogP contribution is 2.10. The molecule has 0 fully saturated rings. The first-order valence-corrected chi connectivity index (χ1v) is 17.6. The Balaban J connectivity index is 2.23. The van der Waals surface area contributed by atoms with Crippen molar-refractivity contribution >= 4 is 35.5 Å². The van der Waals surface area contributed by atoms with Gasteiger partial charge in [-0.15, -0.1) is 0 Å². The molecule has 0 bridgehead atoms. The molecule has 0 unspecified atom stereocenters. The zero-order valence-electron chi connectivity index (χ0n) is 30.3. The lowest BCUT2D eigenvalue weighted by Crippen LogP contribution is -2.59. The van der Waals surface area contributed by atoms with Gasteiger partial charge < -0.3 is 48.8 Å². The van der Waals surface area contributed by atoms with Crippen molar-refractivity contribution in [2.75, 3.05) is 13.1 Å². The highest BCUT2D eigenvalue weighted by molar-refractivity contribution is 5.96. The molecule has 0 saturated heterocycles. The summed E-state index contributed by atoms with van der Waals surface area (Å²) in [4.78, 5) is 77.7. The number of hydrazine groups is 1. The fourth-order valence-electron chi connectivity index (χ4n) is 5.24. The lowest BCUT2D eigenvalue weighted by atomic mass is 10.0. The summed E-state index contributed by atoms with van der Waals surface area (Å²) in [7, 11) is 0. The summed E-state index contributed by atoms with van der Waals surface area (Å²) < 4.78 is 0. The number of H-pyrrole nitrogens is 1. The molecule has 288 valence electrons. The number of carbonyl (C=O) groups is 5. The van der Waals surface area contributed by atoms with E-state index in [4.69, 9.17) is 23.0 Å². The third kappa shape index (κ3) is 16.3. The van der Waals surface area contributed by atoms with E-state index in [0.29, 0.717) is 44.5 Å². The fraction of sp³-hybridized carbons (Fsp3) is 0.559. The van der Waals surface area contributed by atoms with Gasteiger partial charge in [0.2, 0.25) is 23.6 Å². The number of aromatic nitrogens is 2. The summed E-state index contributed by atoms with van der Waals surface area (Å²) in [5.74, 6) is 2.43. The normalized spacial score (nSPS) is 13.9. The van der Waals surface area contributed by atoms with Gasteiger partial charge in [0.05, 0.1) is 12.4 Å². The molecule has 0 spiro atoms. The molecule has 5 atom stereocenters. The van der Waals surface area contributed by atoms with Crippen molar-refractivity contribution in [3.63, 3.8) is 0 Å². The van der Waals surface area contributed by atoms with Crippen LogP contribution in [0.5, 0.6) is 0 Å². The molecule has 0 saturated carbocycles. The molecule has 18 heteroatoms. The van der Waals surface area contributed by atoms with Gasteiger partial charge >= 0.3 is 0 Å². The molecule has 1 aromatic carbocycles. The van der Waals surface area contributed by atoms with E-state index < -0.39 is 53.8 Å². The molecule has 0 aliphatic carbocycles. The summed E-state index contributed by atoms with van der Waals surface area (Å²) >= 11 is 0. The van der Waals surface area contributed by atoms with Crippen LogP contribution in [0.15, 0.2) is 47.8 Å². The van der Waals surface area contributed by atoms with E-state index in [2.05, 4.69) is 41.5 Å². The van der Waals surface area contributed by atoms with E-state index >= 15 is 0 Å². The zero-order valence-corrected chi connectivity index (χ0v) is 30.3. The average molecular weight is 728 g/mol. The van der Waals surface area contributed by atoms with Crippen molar-refractivity contribution in [3.8, 4) is 0 Å². The minimum absolute atomic E-state index is 0.00803. The summed E-state index contributed by atoms with van der Waals surface area (Å²) in [6, 6.07) is 4.76. The topological polar surface area (TPSA) is 303 Å². The number of amides is 5. The van der Waals surface area contributed by atoms with Crippen LogP contribution in [0.1, 0.15) is 70.6 Å². The first-order valence-electron chi connectivity index (χ1n) is 17.6. The molecular formula is C34H57N13O5. The molecule has 2 rings (SSSR count). The van der Waals surface area contributed by atoms with Crippen LogP contribution < -0.4 is 55.1 Å². The van der Waals surface area contributed by atoms with Gasteiger partial charge in [-0.1, -0.05) is 44.2 Å². The summed E-state index contributed by atoms with van der Waals surface area (Å²) in [6.45, 7) is 6.61. The van der Waals surface area contributed by atoms with Gasteiger partial charge in [-0.3, -0.25) is 34.4 Å². The van der Waals surface area contributed by atoms with Gasteiger partial charge in [0, 0.05) is 31.4 Å². The Bertz CT molecular complexity index is 1420. The zero-order chi connectivity index (χ0) is 38.5. The largest absolute Gasteiger partial charge is 0.370 e. The highest BCUT2D eigenvalue weighted by atomic mass is 16.2. The van der Waals surface area contributed by atoms with Crippen LogP contribution in [0.25, 0.3) is 0 Å². The summed E-state index contributed by atoms with van der Waals surface area (Å²) in [6.07, 6.45) is 5.04. The van der Waals surface area contributed by atoms with E-state index in [0.717, 1.165) is 5.56 Å². The SMILES string of the molecule is CC(C)C[C@H](NC(=O)[C@H](C)NCc1ccccc1)C(=O)N[C@@H](CCCCN)C(=O)N[C@@H](Cc1cnc[nH]1)C(=O)N[C@@H](CCCN=C(N)N)C(=O)NN. The number of unbranched alkanes of at least 4 members (excludes halogenated alkanes) is 1. The van der Waals surface area contributed by atoms with Crippen LogP contribution in [0.4, 0.5) is 0 Å². The molecule has 2 aromatic rings. The van der Waals surface area contributed by atoms with Crippen molar-refractivity contribution in [1.82, 2.24) is 42.0 Å². The fourth-order valence-corrected chi connectivity index (χ4v) is 5.24. The Kier molecular flexibility index (Phi) is 19.4. The van der Waals surface area contributed by atoms with E-state index in [9.17, 15) is 24.0 Å². The predicted octanol–water partition coefficient (Wildman–Crippen LogP) is -1.71. The molecule has 18 nitrogen and oxygen atoms in total. The number of aliphatic imine (C=N–C) groups is 1. The van der Waals surface area contributed by atoms with Gasteiger partial charge in [0.25, 0.3) is 5.91 Å². The number of nitrogens with two attached hydrogens (primary N) is 4. The average Bonchev–Trinajstić information content (AvgIpc) is 3.63. The monoisotopic (exact) mass is 727 g/mol. The number of hydrogen-bond donors (Lipinski definition) is 11. The van der Waals surface area contributed by atoms with Crippen molar-refractivity contribution < 1.29 is 24.0 Å². The third-order valence-corrected chi connectivity index (χ3v) is 8.10. The van der Waals surface area contributed by atoms with Gasteiger partial charge in [0.15, 0.2) is 5.96 Å². The van der Waals surface area contributed by atoms with Crippen LogP contribution >= 0.6 is 0 Å². The van der Waals surface area contributed by atoms with Gasteiger partial charge in [-0.2, -0.15) is 0 Å². The maximum Gasteiger partial charge on any atom is 0.256 e. The van der Waals surface area contributed by atoms with Crippen LogP contribution in [0.2, 0.25) is 0 Å². The quantitative estimate of drug-likeness (QED) is 0.0144. The second kappa shape index (κ2) is 23.4. The van der Waals surface area contributed by atoms with Crippen LogP contribution in [-0.4, -0.2) is 88.8 Å². The van der Waals surface area contributed by atoms with Gasteiger partial charge in [-0.05, 0) is 63.5 Å². The molecule has 0 radical (unpaired) electrons. The van der Waals surface area contributed by atoms with Crippen LogP contribution in [0.3, 0.4) is 0 Å². The minimum Gasteiger partial charge on any atom is -0.370 e. The third-order valence-electron chi connectivity index (χ3n) is 8.10. The number of benzene rings is 1. The van der Waals surface area contributed by atoms with E-state index in [1.54, 1.807) is 6.92 Å². The van der Waals surface area contributed by atoms with E-state index in [1.165, 1.54) is 12.5 Å². The standard InChI is InChI=1S/C34H57N13O5/c1-21(2)16-27(45-29(48)22(3)41-18-23-10-5-4-6-11-23)31(50)43-25(12-7-8-14-35)30(49)46-28(17-24-19-39-20-42-24)32(51)44-26(33(52)47-38)13-9-15-40-34(36)37/h4-6,10-11,19-22,25-28,41H,7-9,12-18,35,38H2,1-3H3,(H,39,42)(H,43,50)(H,44,51)(H,45,48)(H,46,49)(H,47,52)(H4,36,37,40)/t22-,25-,26-,27-,28-/m0/s1. The van der Waals surface area contributed by atoms with E-state index in [-0.39, 0.29) is 43.6 Å². The maximum atomic E-state index is 13.9. The Hall–Kier alpha value is -5.07. The molecule has 0 aliphatic rings. The van der Waals surface area contributed by atoms with Gasteiger partial charge in [-0.25, -0.2) is 10.8 Å². The second-order valence-electron chi connectivity index (χ2n) is 13.0. The smallest absolute Gasteiger partial charge is 0.256 e. The molecule has 5 amide bonds. The Morgan fingerprint density at radius 3 is 1.98 bits per heavy atom. The lowest BCUT2D eigenvalue weighted by molar-refractivity contribution is -0.135. The van der Waals surface area contributed by atoms with Crippen molar-refractivity contribution in [2.45, 2.75) is 102 Å². The number of carbonyl (C=O) groups excluding carboxylic acids is 5. The molecule has 1 aromatic heterocycles. The van der Waals surface area contributed by atoms with Crippen molar-refractivity contribution in [3.05, 3.63) is 54.1 Å². The number of hydrogen-bond acceptors (Lipinski definition) is 10. The Morgan fingerprint density at radius 2 is 1.38 bits per heavy atom. The molecule has 0 aliphatic heterocycles. The predicted molar refractivity (Wildman–Crippen MR) is 197 cm³/mol. The molecular weight excluding hydrogens is 670 g/mol. The summed E-state index contributed by atoms with van der Waals surface area (Å²) in [5, 5.41) is 14.2. The second-order valence-corrected chi connectivity index (χ2v) is 13.0. The number of aromatic amines is 1. The van der Waals surface area contributed by atoms with Crippen LogP contribution in [0, 0.1) is 5.92 Å². The Labute approximate surface area is 304 Å². The Morgan fingerprint density at radius 1 is 0.788 bits per heavy atom. The van der Waals surface area contributed by atoms with Crippen molar-refractivity contribution in [2.24, 2.45) is 34.0 Å². The maximum absolute atomic E-state index is 13.9. The number of nitrogens with zero attached hydrogens (tertiary/aromatic N) is 2.